The Balaban J connectivity index is 1.65. The summed E-state index contributed by atoms with van der Waals surface area (Å²) in [6.45, 7) is 7.77. The number of hydrogen-bond acceptors (Lipinski definition) is 5. The van der Waals surface area contributed by atoms with Crippen molar-refractivity contribution in [1.82, 2.24) is 9.80 Å². The highest BCUT2D eigenvalue weighted by molar-refractivity contribution is 7.94. The number of piperazine rings is 1. The molecule has 1 amide bonds. The first kappa shape index (κ1) is 20.1. The SMILES string of the molecule is COc1ccccc1C(C)N1CCN(C(=O)C(C)(C)S(=O)(=O)C2CC2)CC1. The summed E-state index contributed by atoms with van der Waals surface area (Å²) in [6.07, 6.45) is 1.37. The first-order valence-electron chi connectivity index (χ1n) is 9.60. The van der Waals surface area contributed by atoms with Crippen LogP contribution in [0.1, 0.15) is 45.2 Å². The van der Waals surface area contributed by atoms with Gasteiger partial charge in [-0.1, -0.05) is 18.2 Å². The molecule has 150 valence electrons. The molecule has 1 saturated heterocycles. The summed E-state index contributed by atoms with van der Waals surface area (Å²) >= 11 is 0. The molecule has 1 heterocycles. The minimum Gasteiger partial charge on any atom is -0.496 e. The molecule has 1 aromatic carbocycles. The first-order valence-corrected chi connectivity index (χ1v) is 11.1. The predicted molar refractivity (Wildman–Crippen MR) is 106 cm³/mol. The highest BCUT2D eigenvalue weighted by Crippen LogP contribution is 2.37. The normalized spacial score (nSPS) is 20.4. The zero-order valence-corrected chi connectivity index (χ0v) is 17.5. The van der Waals surface area contributed by atoms with Crippen LogP contribution in [-0.2, 0) is 14.6 Å². The van der Waals surface area contributed by atoms with Gasteiger partial charge in [0.15, 0.2) is 9.84 Å². The predicted octanol–water partition coefficient (Wildman–Crippen LogP) is 2.26. The maximum atomic E-state index is 13.0. The number of amides is 1. The zero-order valence-electron chi connectivity index (χ0n) is 16.6. The van der Waals surface area contributed by atoms with Gasteiger partial charge in [-0.3, -0.25) is 9.69 Å². The summed E-state index contributed by atoms with van der Waals surface area (Å²) in [5.41, 5.74) is 1.12. The average molecular weight is 395 g/mol. The van der Waals surface area contributed by atoms with Gasteiger partial charge in [-0.2, -0.15) is 0 Å². The van der Waals surface area contributed by atoms with E-state index in [0.717, 1.165) is 11.3 Å². The van der Waals surface area contributed by atoms with Gasteiger partial charge in [-0.05, 0) is 39.7 Å². The van der Waals surface area contributed by atoms with Crippen LogP contribution in [0.25, 0.3) is 0 Å². The Morgan fingerprint density at radius 1 is 1.15 bits per heavy atom. The van der Waals surface area contributed by atoms with E-state index in [9.17, 15) is 13.2 Å². The van der Waals surface area contributed by atoms with Gasteiger partial charge >= 0.3 is 0 Å². The topological polar surface area (TPSA) is 66.9 Å². The molecule has 2 aliphatic rings. The lowest BCUT2D eigenvalue weighted by atomic mass is 10.0. The zero-order chi connectivity index (χ0) is 19.8. The summed E-state index contributed by atoms with van der Waals surface area (Å²) < 4.78 is 29.4. The maximum absolute atomic E-state index is 13.0. The highest BCUT2D eigenvalue weighted by atomic mass is 32.2. The van der Waals surface area contributed by atoms with Gasteiger partial charge in [-0.25, -0.2) is 8.42 Å². The van der Waals surface area contributed by atoms with Crippen LogP contribution in [0.4, 0.5) is 0 Å². The summed E-state index contributed by atoms with van der Waals surface area (Å²) in [7, 11) is -1.75. The molecule has 2 fully saturated rings. The molecular weight excluding hydrogens is 364 g/mol. The fourth-order valence-corrected chi connectivity index (χ4v) is 5.78. The van der Waals surface area contributed by atoms with Gasteiger partial charge in [0.2, 0.25) is 5.91 Å². The Labute approximate surface area is 162 Å². The molecule has 7 heteroatoms. The van der Waals surface area contributed by atoms with Crippen molar-refractivity contribution in [3.63, 3.8) is 0 Å². The van der Waals surface area contributed by atoms with E-state index >= 15 is 0 Å². The number of sulfone groups is 1. The molecule has 1 saturated carbocycles. The van der Waals surface area contributed by atoms with Crippen LogP contribution in [0, 0.1) is 0 Å². The van der Waals surface area contributed by atoms with E-state index in [1.807, 2.05) is 18.2 Å². The smallest absolute Gasteiger partial charge is 0.243 e. The van der Waals surface area contributed by atoms with Crippen molar-refractivity contribution in [2.75, 3.05) is 33.3 Å². The Bertz CT molecular complexity index is 794. The third-order valence-electron chi connectivity index (χ3n) is 5.93. The van der Waals surface area contributed by atoms with Gasteiger partial charge in [-0.15, -0.1) is 0 Å². The molecule has 27 heavy (non-hydrogen) atoms. The van der Waals surface area contributed by atoms with E-state index < -0.39 is 14.6 Å². The number of methoxy groups -OCH3 is 1. The van der Waals surface area contributed by atoms with Crippen LogP contribution in [0.3, 0.4) is 0 Å². The van der Waals surface area contributed by atoms with Gasteiger partial charge in [0.05, 0.1) is 12.4 Å². The number of benzene rings is 1. The Morgan fingerprint density at radius 2 is 1.74 bits per heavy atom. The molecule has 0 aromatic heterocycles. The molecule has 6 nitrogen and oxygen atoms in total. The molecule has 0 bridgehead atoms. The van der Waals surface area contributed by atoms with Crippen molar-refractivity contribution in [1.29, 1.82) is 0 Å². The largest absolute Gasteiger partial charge is 0.496 e. The quantitative estimate of drug-likeness (QED) is 0.740. The number of rotatable bonds is 6. The van der Waals surface area contributed by atoms with Crippen LogP contribution in [0.15, 0.2) is 24.3 Å². The number of ether oxygens (including phenoxy) is 1. The number of carbonyl (C=O) groups excluding carboxylic acids is 1. The molecular formula is C20H30N2O4S. The van der Waals surface area contributed by atoms with E-state index in [0.29, 0.717) is 39.0 Å². The first-order chi connectivity index (χ1) is 12.7. The van der Waals surface area contributed by atoms with Crippen molar-refractivity contribution in [3.8, 4) is 5.75 Å². The summed E-state index contributed by atoms with van der Waals surface area (Å²) in [5, 5.41) is -0.330. The Morgan fingerprint density at radius 3 is 2.30 bits per heavy atom. The fraction of sp³-hybridized carbons (Fsp3) is 0.650. The summed E-state index contributed by atoms with van der Waals surface area (Å²) in [4.78, 5) is 17.0. The molecule has 0 spiro atoms. The molecule has 0 radical (unpaired) electrons. The van der Waals surface area contributed by atoms with Crippen molar-refractivity contribution >= 4 is 15.7 Å². The maximum Gasteiger partial charge on any atom is 0.243 e. The summed E-state index contributed by atoms with van der Waals surface area (Å²) in [6, 6.07) is 8.14. The van der Waals surface area contributed by atoms with E-state index in [-0.39, 0.29) is 17.2 Å². The van der Waals surface area contributed by atoms with Crippen molar-refractivity contribution in [3.05, 3.63) is 29.8 Å². The number of hydrogen-bond donors (Lipinski definition) is 0. The monoisotopic (exact) mass is 394 g/mol. The molecule has 1 aromatic rings. The van der Waals surface area contributed by atoms with Crippen LogP contribution < -0.4 is 4.74 Å². The fourth-order valence-electron chi connectivity index (χ4n) is 3.82. The molecule has 1 aliphatic carbocycles. The van der Waals surface area contributed by atoms with E-state index in [1.165, 1.54) is 0 Å². The molecule has 1 aliphatic heterocycles. The lowest BCUT2D eigenvalue weighted by Crippen LogP contribution is -2.57. The van der Waals surface area contributed by atoms with Crippen LogP contribution in [0.2, 0.25) is 0 Å². The van der Waals surface area contributed by atoms with Crippen LogP contribution in [-0.4, -0.2) is 67.4 Å². The Kier molecular flexibility index (Phi) is 5.54. The second kappa shape index (κ2) is 7.43. The second-order valence-electron chi connectivity index (χ2n) is 8.00. The number of carbonyl (C=O) groups is 1. The standard InChI is InChI=1S/C20H30N2O4S/c1-15(17-7-5-6-8-18(17)26-4)21-11-13-22(14-12-21)19(23)20(2,3)27(24,25)16-9-10-16/h5-8,15-16H,9-14H2,1-4H3. The minimum atomic E-state index is -3.42. The molecule has 1 atom stereocenters. The van der Waals surface area contributed by atoms with Gasteiger partial charge in [0.1, 0.15) is 10.5 Å². The third kappa shape index (κ3) is 3.72. The molecule has 0 N–H and O–H groups in total. The van der Waals surface area contributed by atoms with E-state index in [4.69, 9.17) is 4.74 Å². The Hall–Kier alpha value is -1.60. The van der Waals surface area contributed by atoms with Gasteiger partial charge < -0.3 is 9.64 Å². The molecule has 3 rings (SSSR count). The average Bonchev–Trinajstić information content (AvgIpc) is 3.52. The van der Waals surface area contributed by atoms with E-state index in [2.05, 4.69) is 17.9 Å². The van der Waals surface area contributed by atoms with Crippen LogP contribution in [0.5, 0.6) is 5.75 Å². The lowest BCUT2D eigenvalue weighted by molar-refractivity contribution is -0.135. The lowest BCUT2D eigenvalue weighted by Gasteiger charge is -2.40. The van der Waals surface area contributed by atoms with Gasteiger partial charge in [0.25, 0.3) is 0 Å². The van der Waals surface area contributed by atoms with Crippen molar-refractivity contribution in [2.45, 2.75) is 49.7 Å². The summed E-state index contributed by atoms with van der Waals surface area (Å²) in [5.74, 6) is 0.596. The third-order valence-corrected chi connectivity index (χ3v) is 8.87. The second-order valence-corrected chi connectivity index (χ2v) is 10.8. The van der Waals surface area contributed by atoms with E-state index in [1.54, 1.807) is 25.9 Å². The van der Waals surface area contributed by atoms with Crippen molar-refractivity contribution in [2.24, 2.45) is 0 Å². The van der Waals surface area contributed by atoms with Gasteiger partial charge in [0, 0.05) is 37.8 Å². The highest BCUT2D eigenvalue weighted by Gasteiger charge is 2.51. The number of nitrogens with zero attached hydrogens (tertiary/aromatic N) is 2. The number of para-hydroxylation sites is 1. The minimum absolute atomic E-state index is 0.168. The molecule has 1 unspecified atom stereocenters. The van der Waals surface area contributed by atoms with Crippen molar-refractivity contribution < 1.29 is 17.9 Å². The van der Waals surface area contributed by atoms with Crippen LogP contribution >= 0.6 is 0 Å².